The quantitative estimate of drug-likeness (QED) is 0.487. The summed E-state index contributed by atoms with van der Waals surface area (Å²) in [6.07, 6.45) is 0.500. The molecule has 0 aliphatic rings. The molecule has 0 spiro atoms. The monoisotopic (exact) mass is 403 g/mol. The lowest BCUT2D eigenvalue weighted by Gasteiger charge is -2.16. The maximum atomic E-state index is 12.8. The first-order valence-electron chi connectivity index (χ1n) is 8.82. The summed E-state index contributed by atoms with van der Waals surface area (Å²) in [5, 5.41) is 2.60. The Bertz CT molecular complexity index is 796. The molecular formula is C21H22FNO4S. The summed E-state index contributed by atoms with van der Waals surface area (Å²) in [6, 6.07) is 14.7. The van der Waals surface area contributed by atoms with Gasteiger partial charge in [-0.1, -0.05) is 30.3 Å². The topological polar surface area (TPSA) is 72.5 Å². The summed E-state index contributed by atoms with van der Waals surface area (Å²) in [6.45, 7) is 0.977. The predicted octanol–water partition coefficient (Wildman–Crippen LogP) is 3.17. The van der Waals surface area contributed by atoms with Crippen molar-refractivity contribution in [1.29, 1.82) is 0 Å². The largest absolute Gasteiger partial charge is 0.456 e. The molecule has 28 heavy (non-hydrogen) atoms. The fourth-order valence-electron chi connectivity index (χ4n) is 2.38. The minimum absolute atomic E-state index is 0.121. The van der Waals surface area contributed by atoms with E-state index in [0.29, 0.717) is 12.2 Å². The summed E-state index contributed by atoms with van der Waals surface area (Å²) in [5.74, 6) is -1.05. The number of Topliss-reactive ketones (excluding diaryl/α,β-unsaturated/α-hetero) is 1. The van der Waals surface area contributed by atoms with Crippen molar-refractivity contribution >= 4 is 29.4 Å². The number of carbonyl (C=O) groups excluding carboxylic acids is 3. The number of ether oxygens (including phenoxy) is 1. The van der Waals surface area contributed by atoms with Gasteiger partial charge in [0.1, 0.15) is 5.82 Å². The second-order valence-electron chi connectivity index (χ2n) is 6.13. The first kappa shape index (κ1) is 21.6. The van der Waals surface area contributed by atoms with E-state index >= 15 is 0 Å². The van der Waals surface area contributed by atoms with Crippen LogP contribution in [-0.2, 0) is 25.5 Å². The van der Waals surface area contributed by atoms with Crippen molar-refractivity contribution in [1.82, 2.24) is 5.32 Å². The Labute approximate surface area is 167 Å². The van der Waals surface area contributed by atoms with Gasteiger partial charge in [-0.2, -0.15) is 0 Å². The maximum absolute atomic E-state index is 12.8. The molecule has 7 heteroatoms. The van der Waals surface area contributed by atoms with Gasteiger partial charge < -0.3 is 10.1 Å². The Morgan fingerprint density at radius 1 is 1.07 bits per heavy atom. The summed E-state index contributed by atoms with van der Waals surface area (Å²) in [7, 11) is 0. The van der Waals surface area contributed by atoms with Crippen molar-refractivity contribution in [2.75, 3.05) is 12.4 Å². The zero-order chi connectivity index (χ0) is 20.4. The van der Waals surface area contributed by atoms with Crippen LogP contribution in [0.4, 0.5) is 4.39 Å². The maximum Gasteiger partial charge on any atom is 0.307 e. The summed E-state index contributed by atoms with van der Waals surface area (Å²) >= 11 is 1.39. The van der Waals surface area contributed by atoms with Gasteiger partial charge >= 0.3 is 5.97 Å². The molecule has 0 aliphatic heterocycles. The van der Waals surface area contributed by atoms with Crippen molar-refractivity contribution < 1.29 is 23.5 Å². The van der Waals surface area contributed by atoms with Crippen LogP contribution in [0.15, 0.2) is 59.5 Å². The number of benzene rings is 2. The number of carbonyl (C=O) groups is 3. The fourth-order valence-corrected chi connectivity index (χ4v) is 3.22. The molecule has 5 nitrogen and oxygen atoms in total. The van der Waals surface area contributed by atoms with E-state index in [-0.39, 0.29) is 18.0 Å². The molecule has 2 rings (SSSR count). The Hall–Kier alpha value is -2.67. The molecule has 0 saturated carbocycles. The molecule has 2 aromatic carbocycles. The molecule has 1 atom stereocenters. The van der Waals surface area contributed by atoms with Gasteiger partial charge in [-0.15, -0.1) is 11.8 Å². The number of halogens is 1. The number of hydrogen-bond donors (Lipinski definition) is 1. The van der Waals surface area contributed by atoms with Crippen LogP contribution >= 0.6 is 11.8 Å². The van der Waals surface area contributed by atoms with Crippen LogP contribution in [0.5, 0.6) is 0 Å². The van der Waals surface area contributed by atoms with Crippen molar-refractivity contribution in [2.24, 2.45) is 0 Å². The van der Waals surface area contributed by atoms with Gasteiger partial charge in [0.05, 0.1) is 12.5 Å². The molecule has 0 aromatic heterocycles. The minimum atomic E-state index is -0.664. The molecule has 0 aliphatic carbocycles. The van der Waals surface area contributed by atoms with Gasteiger partial charge in [0, 0.05) is 10.6 Å². The number of hydrogen-bond acceptors (Lipinski definition) is 5. The van der Waals surface area contributed by atoms with Crippen LogP contribution in [0.3, 0.4) is 0 Å². The van der Waals surface area contributed by atoms with E-state index in [2.05, 4.69) is 5.32 Å². The van der Waals surface area contributed by atoms with E-state index in [1.807, 2.05) is 30.3 Å². The fraction of sp³-hybridized carbons (Fsp3) is 0.286. The second kappa shape index (κ2) is 11.2. The highest BCUT2D eigenvalue weighted by atomic mass is 32.2. The van der Waals surface area contributed by atoms with E-state index < -0.39 is 24.5 Å². The molecule has 0 heterocycles. The average molecular weight is 403 g/mol. The molecule has 1 N–H and O–H groups in total. The van der Waals surface area contributed by atoms with E-state index in [1.54, 1.807) is 12.1 Å². The second-order valence-corrected chi connectivity index (χ2v) is 7.30. The molecule has 0 fully saturated rings. The van der Waals surface area contributed by atoms with Crippen molar-refractivity contribution in [3.05, 3.63) is 66.0 Å². The summed E-state index contributed by atoms with van der Waals surface area (Å²) < 4.78 is 17.8. The SMILES string of the molecule is CC(=O)[C@@H](Cc1ccccc1)NC(=O)COC(=O)CCSc1ccc(F)cc1. The minimum Gasteiger partial charge on any atom is -0.456 e. The van der Waals surface area contributed by atoms with Crippen LogP contribution < -0.4 is 5.32 Å². The van der Waals surface area contributed by atoms with Crippen molar-refractivity contribution in [2.45, 2.75) is 30.7 Å². The third-order valence-electron chi connectivity index (χ3n) is 3.86. The number of ketones is 1. The molecule has 2 aromatic rings. The van der Waals surface area contributed by atoms with E-state index in [9.17, 15) is 18.8 Å². The van der Waals surface area contributed by atoms with E-state index in [0.717, 1.165) is 10.5 Å². The molecule has 0 saturated heterocycles. The lowest BCUT2D eigenvalue weighted by atomic mass is 10.0. The van der Waals surface area contributed by atoms with Gasteiger partial charge in [-0.3, -0.25) is 14.4 Å². The first-order chi connectivity index (χ1) is 13.4. The number of thioether (sulfide) groups is 1. The number of rotatable bonds is 10. The number of nitrogens with one attached hydrogen (secondary N) is 1. The highest BCUT2D eigenvalue weighted by molar-refractivity contribution is 7.99. The van der Waals surface area contributed by atoms with Crippen LogP contribution in [0.1, 0.15) is 18.9 Å². The average Bonchev–Trinajstić information content (AvgIpc) is 2.68. The standard InChI is InChI=1S/C21H22FNO4S/c1-15(24)19(13-16-5-3-2-4-6-16)23-20(25)14-27-21(26)11-12-28-18-9-7-17(22)8-10-18/h2-10,19H,11-14H2,1H3,(H,23,25)/t19-/m1/s1. The lowest BCUT2D eigenvalue weighted by Crippen LogP contribution is -2.43. The Balaban J connectivity index is 1.70. The van der Waals surface area contributed by atoms with Crippen LogP contribution in [0, 0.1) is 5.82 Å². The third kappa shape index (κ3) is 7.92. The molecule has 0 unspecified atom stereocenters. The van der Waals surface area contributed by atoms with Crippen LogP contribution in [0.2, 0.25) is 0 Å². The Morgan fingerprint density at radius 2 is 1.75 bits per heavy atom. The normalized spacial score (nSPS) is 11.5. The van der Waals surface area contributed by atoms with Crippen molar-refractivity contribution in [3.63, 3.8) is 0 Å². The van der Waals surface area contributed by atoms with E-state index in [1.165, 1.54) is 30.8 Å². The molecule has 0 bridgehead atoms. The Kier molecular flexibility index (Phi) is 8.68. The van der Waals surface area contributed by atoms with Gasteiger partial charge in [-0.25, -0.2) is 4.39 Å². The third-order valence-corrected chi connectivity index (χ3v) is 4.88. The molecular weight excluding hydrogens is 381 g/mol. The molecule has 1 amide bonds. The smallest absolute Gasteiger partial charge is 0.307 e. The van der Waals surface area contributed by atoms with E-state index in [4.69, 9.17) is 4.74 Å². The molecule has 0 radical (unpaired) electrons. The number of amides is 1. The van der Waals surface area contributed by atoms with Crippen LogP contribution in [0.25, 0.3) is 0 Å². The zero-order valence-corrected chi connectivity index (χ0v) is 16.3. The van der Waals surface area contributed by atoms with Gasteiger partial charge in [0.2, 0.25) is 0 Å². The predicted molar refractivity (Wildman–Crippen MR) is 105 cm³/mol. The zero-order valence-electron chi connectivity index (χ0n) is 15.5. The summed E-state index contributed by atoms with van der Waals surface area (Å²) in [5.41, 5.74) is 0.929. The highest BCUT2D eigenvalue weighted by Crippen LogP contribution is 2.18. The van der Waals surface area contributed by atoms with Crippen molar-refractivity contribution in [3.8, 4) is 0 Å². The van der Waals surface area contributed by atoms with Gasteiger partial charge in [0.15, 0.2) is 12.4 Å². The highest BCUT2D eigenvalue weighted by Gasteiger charge is 2.18. The Morgan fingerprint density at radius 3 is 2.39 bits per heavy atom. The molecule has 148 valence electrons. The van der Waals surface area contributed by atoms with Gasteiger partial charge in [-0.05, 0) is 43.2 Å². The lowest BCUT2D eigenvalue weighted by molar-refractivity contribution is -0.148. The number of esters is 1. The summed E-state index contributed by atoms with van der Waals surface area (Å²) in [4.78, 5) is 36.4. The van der Waals surface area contributed by atoms with Gasteiger partial charge in [0.25, 0.3) is 5.91 Å². The first-order valence-corrected chi connectivity index (χ1v) is 9.80. The van der Waals surface area contributed by atoms with Crippen LogP contribution in [-0.4, -0.2) is 36.1 Å².